The molecule has 6 nitrogen and oxygen atoms in total. The summed E-state index contributed by atoms with van der Waals surface area (Å²) in [5, 5.41) is 10.7. The lowest BCUT2D eigenvalue weighted by Gasteiger charge is -2.10. The van der Waals surface area contributed by atoms with Gasteiger partial charge in [0.25, 0.3) is 0 Å². The van der Waals surface area contributed by atoms with Crippen molar-refractivity contribution in [3.05, 3.63) is 44.9 Å². The summed E-state index contributed by atoms with van der Waals surface area (Å²) in [7, 11) is 0. The quantitative estimate of drug-likeness (QED) is 0.506. The maximum atomic E-state index is 13.9. The van der Waals surface area contributed by atoms with E-state index in [1.807, 2.05) is 22.6 Å². The number of pyridine rings is 1. The second kappa shape index (κ2) is 6.05. The van der Waals surface area contributed by atoms with Gasteiger partial charge in [-0.1, -0.05) is 16.7 Å². The molecule has 0 spiro atoms. The Bertz CT molecular complexity index is 871. The van der Waals surface area contributed by atoms with Crippen molar-refractivity contribution in [1.82, 2.24) is 14.6 Å². The SMILES string of the molecule is O=COc1nnc2c(Cl)c(Nc3ccc(I)cc3F)ccn12. The lowest BCUT2D eigenvalue weighted by Crippen LogP contribution is -1.98. The molecule has 0 aliphatic heterocycles. The Morgan fingerprint density at radius 2 is 2.14 bits per heavy atom. The molecule has 9 heteroatoms. The molecule has 3 aromatic rings. The molecule has 0 amide bonds. The highest BCUT2D eigenvalue weighted by Gasteiger charge is 2.14. The molecule has 1 N–H and O–H groups in total. The van der Waals surface area contributed by atoms with E-state index in [1.54, 1.807) is 24.4 Å². The van der Waals surface area contributed by atoms with Crippen LogP contribution in [-0.4, -0.2) is 21.1 Å². The summed E-state index contributed by atoms with van der Waals surface area (Å²) >= 11 is 8.26. The maximum absolute atomic E-state index is 13.9. The maximum Gasteiger partial charge on any atom is 0.329 e. The molecular formula is C13H7ClFIN4O2. The first-order valence-electron chi connectivity index (χ1n) is 5.96. The summed E-state index contributed by atoms with van der Waals surface area (Å²) in [6, 6.07) is 6.39. The number of fused-ring (bicyclic) bond motifs is 1. The Morgan fingerprint density at radius 3 is 2.86 bits per heavy atom. The number of nitrogens with one attached hydrogen (secondary N) is 1. The summed E-state index contributed by atoms with van der Waals surface area (Å²) in [5.74, 6) is -0.394. The number of rotatable bonds is 4. The molecular weight excluding hydrogens is 426 g/mol. The van der Waals surface area contributed by atoms with Gasteiger partial charge in [-0.25, -0.2) is 4.39 Å². The highest BCUT2D eigenvalue weighted by atomic mass is 127. The Morgan fingerprint density at radius 1 is 1.32 bits per heavy atom. The summed E-state index contributed by atoms with van der Waals surface area (Å²) in [4.78, 5) is 10.4. The van der Waals surface area contributed by atoms with Crippen LogP contribution in [0.15, 0.2) is 30.5 Å². The summed E-state index contributed by atoms with van der Waals surface area (Å²) in [6.45, 7) is 0.248. The van der Waals surface area contributed by atoms with Gasteiger partial charge in [-0.15, -0.1) is 5.10 Å². The van der Waals surface area contributed by atoms with Gasteiger partial charge in [-0.2, -0.15) is 0 Å². The highest BCUT2D eigenvalue weighted by Crippen LogP contribution is 2.31. The van der Waals surface area contributed by atoms with Gasteiger partial charge < -0.3 is 10.1 Å². The van der Waals surface area contributed by atoms with Gasteiger partial charge >= 0.3 is 12.5 Å². The van der Waals surface area contributed by atoms with E-state index in [-0.39, 0.29) is 28.8 Å². The normalized spacial score (nSPS) is 10.7. The molecule has 1 aromatic carbocycles. The molecule has 0 saturated heterocycles. The molecule has 0 saturated carbocycles. The van der Waals surface area contributed by atoms with Crippen molar-refractivity contribution >= 4 is 57.7 Å². The molecule has 22 heavy (non-hydrogen) atoms. The highest BCUT2D eigenvalue weighted by molar-refractivity contribution is 14.1. The largest absolute Gasteiger partial charge is 0.393 e. The van der Waals surface area contributed by atoms with E-state index in [0.717, 1.165) is 3.57 Å². The average molecular weight is 433 g/mol. The van der Waals surface area contributed by atoms with Crippen LogP contribution in [0.25, 0.3) is 5.65 Å². The standard InChI is InChI=1S/C13H7ClFIN4O2/c14-11-10(17-9-2-1-7(16)5-8(9)15)3-4-20-12(11)18-19-13(20)22-6-21/h1-6,17H. The molecule has 3 rings (SSSR count). The summed E-state index contributed by atoms with van der Waals surface area (Å²) < 4.78 is 20.8. The van der Waals surface area contributed by atoms with Crippen LogP contribution in [0.4, 0.5) is 15.8 Å². The number of carbonyl (C=O) groups excluding carboxylic acids is 1. The van der Waals surface area contributed by atoms with Gasteiger partial charge in [0, 0.05) is 9.77 Å². The van der Waals surface area contributed by atoms with Gasteiger partial charge in [0.15, 0.2) is 5.65 Å². The van der Waals surface area contributed by atoms with E-state index in [4.69, 9.17) is 11.6 Å². The van der Waals surface area contributed by atoms with Gasteiger partial charge in [0.05, 0.1) is 11.4 Å². The number of hydrogen-bond acceptors (Lipinski definition) is 5. The molecule has 2 heterocycles. The van der Waals surface area contributed by atoms with E-state index in [9.17, 15) is 9.18 Å². The van der Waals surface area contributed by atoms with Crippen molar-refractivity contribution in [3.63, 3.8) is 0 Å². The third-order valence-electron chi connectivity index (χ3n) is 2.84. The minimum absolute atomic E-state index is 0.00102. The summed E-state index contributed by atoms with van der Waals surface area (Å²) in [5.41, 5.74) is 1.03. The molecule has 2 aromatic heterocycles. The second-order valence-electron chi connectivity index (χ2n) is 4.18. The second-order valence-corrected chi connectivity index (χ2v) is 5.81. The van der Waals surface area contributed by atoms with Crippen LogP contribution in [0, 0.1) is 9.39 Å². The molecule has 0 radical (unpaired) electrons. The molecule has 0 atom stereocenters. The van der Waals surface area contributed by atoms with Crippen LogP contribution in [0.2, 0.25) is 5.02 Å². The lowest BCUT2D eigenvalue weighted by molar-refractivity contribution is -0.121. The Hall–Kier alpha value is -1.94. The van der Waals surface area contributed by atoms with Crippen molar-refractivity contribution in [2.24, 2.45) is 0 Å². The fourth-order valence-electron chi connectivity index (χ4n) is 1.86. The predicted octanol–water partition coefficient (Wildman–Crippen LogP) is 3.41. The zero-order valence-corrected chi connectivity index (χ0v) is 13.7. The first kappa shape index (κ1) is 15.0. The third-order valence-corrected chi connectivity index (χ3v) is 3.89. The topological polar surface area (TPSA) is 68.5 Å². The Kier molecular flexibility index (Phi) is 4.12. The van der Waals surface area contributed by atoms with Crippen LogP contribution in [0.3, 0.4) is 0 Å². The van der Waals surface area contributed by atoms with E-state index in [2.05, 4.69) is 20.3 Å². The number of ether oxygens (including phenoxy) is 1. The van der Waals surface area contributed by atoms with Crippen molar-refractivity contribution in [2.45, 2.75) is 0 Å². The van der Waals surface area contributed by atoms with Crippen molar-refractivity contribution in [2.75, 3.05) is 5.32 Å². The zero-order valence-electron chi connectivity index (χ0n) is 10.8. The smallest absolute Gasteiger partial charge is 0.329 e. The number of halogens is 3. The van der Waals surface area contributed by atoms with Crippen LogP contribution < -0.4 is 10.1 Å². The van der Waals surface area contributed by atoms with Crippen LogP contribution in [0.5, 0.6) is 6.01 Å². The fraction of sp³-hybridized carbons (Fsp3) is 0. The van der Waals surface area contributed by atoms with E-state index < -0.39 is 5.82 Å². The van der Waals surface area contributed by atoms with Gasteiger partial charge in [0.2, 0.25) is 0 Å². The number of carbonyl (C=O) groups is 1. The Balaban J connectivity index is 2.01. The van der Waals surface area contributed by atoms with Gasteiger partial charge in [-0.3, -0.25) is 9.20 Å². The predicted molar refractivity (Wildman–Crippen MR) is 87.1 cm³/mol. The van der Waals surface area contributed by atoms with Crippen molar-refractivity contribution in [1.29, 1.82) is 0 Å². The third kappa shape index (κ3) is 2.71. The van der Waals surface area contributed by atoms with E-state index >= 15 is 0 Å². The van der Waals surface area contributed by atoms with E-state index in [0.29, 0.717) is 5.69 Å². The van der Waals surface area contributed by atoms with Crippen molar-refractivity contribution < 1.29 is 13.9 Å². The van der Waals surface area contributed by atoms with E-state index in [1.165, 1.54) is 10.5 Å². The lowest BCUT2D eigenvalue weighted by atomic mass is 10.3. The fourth-order valence-corrected chi connectivity index (χ4v) is 2.55. The number of hydrogen-bond donors (Lipinski definition) is 1. The zero-order chi connectivity index (χ0) is 15.7. The Labute approximate surface area is 142 Å². The first-order valence-corrected chi connectivity index (χ1v) is 7.41. The van der Waals surface area contributed by atoms with Crippen LogP contribution in [-0.2, 0) is 4.79 Å². The number of aromatic nitrogens is 3. The molecule has 112 valence electrons. The molecule has 0 bridgehead atoms. The van der Waals surface area contributed by atoms with Crippen LogP contribution >= 0.6 is 34.2 Å². The summed E-state index contributed by atoms with van der Waals surface area (Å²) in [6.07, 6.45) is 1.56. The average Bonchev–Trinajstić information content (AvgIpc) is 2.89. The first-order chi connectivity index (χ1) is 10.6. The number of anilines is 2. The number of nitrogens with zero attached hydrogens (tertiary/aromatic N) is 3. The van der Waals surface area contributed by atoms with Gasteiger partial charge in [-0.05, 0) is 46.9 Å². The van der Waals surface area contributed by atoms with Crippen LogP contribution in [0.1, 0.15) is 0 Å². The molecule has 0 aliphatic carbocycles. The monoisotopic (exact) mass is 432 g/mol. The molecule has 0 unspecified atom stereocenters. The van der Waals surface area contributed by atoms with Crippen molar-refractivity contribution in [3.8, 4) is 6.01 Å². The minimum atomic E-state index is -0.394. The molecule has 0 fully saturated rings. The minimum Gasteiger partial charge on any atom is -0.393 e. The van der Waals surface area contributed by atoms with Gasteiger partial charge in [0.1, 0.15) is 10.8 Å². The number of benzene rings is 1. The molecule has 0 aliphatic rings.